The fraction of sp³-hybridized carbons (Fsp3) is 0.364. The van der Waals surface area contributed by atoms with E-state index in [9.17, 15) is 0 Å². The Hall–Kier alpha value is -1.91. The van der Waals surface area contributed by atoms with Crippen LogP contribution in [0.15, 0.2) is 12.3 Å². The molecule has 2 aromatic heterocycles. The van der Waals surface area contributed by atoms with Gasteiger partial charge < -0.3 is 5.32 Å². The van der Waals surface area contributed by atoms with Crippen LogP contribution < -0.4 is 5.32 Å². The first-order valence-electron chi connectivity index (χ1n) is 5.15. The van der Waals surface area contributed by atoms with Gasteiger partial charge in [0.15, 0.2) is 0 Å². The van der Waals surface area contributed by atoms with E-state index in [1.54, 1.807) is 6.20 Å². The minimum atomic E-state index is 0.756. The van der Waals surface area contributed by atoms with Crippen molar-refractivity contribution in [3.8, 4) is 11.4 Å². The summed E-state index contributed by atoms with van der Waals surface area (Å²) in [6.07, 6.45) is 1.77. The van der Waals surface area contributed by atoms with Crippen molar-refractivity contribution in [3.63, 3.8) is 0 Å². The number of rotatable bonds is 2. The van der Waals surface area contributed by atoms with Gasteiger partial charge in [-0.3, -0.25) is 4.68 Å². The van der Waals surface area contributed by atoms with E-state index < -0.39 is 0 Å². The molecule has 0 aliphatic heterocycles. The lowest BCUT2D eigenvalue weighted by Crippen LogP contribution is -2.05. The molecule has 1 N–H and O–H groups in total. The van der Waals surface area contributed by atoms with Crippen LogP contribution in [-0.2, 0) is 7.05 Å². The normalized spacial score (nSPS) is 10.5. The summed E-state index contributed by atoms with van der Waals surface area (Å²) in [4.78, 5) is 8.81. The van der Waals surface area contributed by atoms with Crippen molar-refractivity contribution in [2.75, 3.05) is 12.4 Å². The third-order valence-corrected chi connectivity index (χ3v) is 2.56. The Bertz CT molecular complexity index is 515. The van der Waals surface area contributed by atoms with Gasteiger partial charge in [-0.05, 0) is 19.9 Å². The fourth-order valence-electron chi connectivity index (χ4n) is 1.73. The van der Waals surface area contributed by atoms with Crippen LogP contribution in [0.2, 0.25) is 0 Å². The highest BCUT2D eigenvalue weighted by atomic mass is 15.3. The zero-order valence-corrected chi connectivity index (χ0v) is 9.94. The molecule has 0 radical (unpaired) electrons. The topological polar surface area (TPSA) is 55.6 Å². The van der Waals surface area contributed by atoms with E-state index in [-0.39, 0.29) is 0 Å². The Labute approximate surface area is 94.5 Å². The Morgan fingerprint density at radius 3 is 2.56 bits per heavy atom. The minimum absolute atomic E-state index is 0.756. The van der Waals surface area contributed by atoms with Gasteiger partial charge in [-0.1, -0.05) is 0 Å². The molecule has 0 aromatic carbocycles. The number of anilines is 1. The van der Waals surface area contributed by atoms with Crippen molar-refractivity contribution < 1.29 is 0 Å². The third kappa shape index (κ3) is 1.64. The highest BCUT2D eigenvalue weighted by molar-refractivity contribution is 5.65. The van der Waals surface area contributed by atoms with E-state index in [0.29, 0.717) is 0 Å². The Kier molecular flexibility index (Phi) is 2.60. The standard InChI is InChI=1S/C11H15N5/c1-7-10(9-5-6-13-16(9)4)14-8(2)15-11(7)12-3/h5-6H,1-4H3,(H,12,14,15). The second-order valence-corrected chi connectivity index (χ2v) is 3.68. The van der Waals surface area contributed by atoms with Crippen LogP contribution in [0, 0.1) is 13.8 Å². The maximum absolute atomic E-state index is 4.47. The maximum Gasteiger partial charge on any atom is 0.133 e. The Morgan fingerprint density at radius 1 is 1.25 bits per heavy atom. The van der Waals surface area contributed by atoms with Crippen LogP contribution in [0.5, 0.6) is 0 Å². The van der Waals surface area contributed by atoms with Gasteiger partial charge in [0, 0.05) is 25.9 Å². The molecule has 0 bridgehead atoms. The molecule has 0 saturated carbocycles. The Morgan fingerprint density at radius 2 is 2.00 bits per heavy atom. The molecule has 0 saturated heterocycles. The van der Waals surface area contributed by atoms with Crippen molar-refractivity contribution in [2.45, 2.75) is 13.8 Å². The molecular weight excluding hydrogens is 202 g/mol. The quantitative estimate of drug-likeness (QED) is 0.829. The molecule has 2 aromatic rings. The van der Waals surface area contributed by atoms with Gasteiger partial charge in [-0.15, -0.1) is 0 Å². The van der Waals surface area contributed by atoms with E-state index in [2.05, 4.69) is 20.4 Å². The number of aryl methyl sites for hydroxylation is 2. The molecule has 2 rings (SSSR count). The van der Waals surface area contributed by atoms with Gasteiger partial charge in [0.25, 0.3) is 0 Å². The maximum atomic E-state index is 4.47. The highest BCUT2D eigenvalue weighted by Gasteiger charge is 2.12. The zero-order valence-electron chi connectivity index (χ0n) is 9.94. The first-order valence-corrected chi connectivity index (χ1v) is 5.15. The summed E-state index contributed by atoms with van der Waals surface area (Å²) in [6.45, 7) is 3.90. The number of hydrogen-bond donors (Lipinski definition) is 1. The summed E-state index contributed by atoms with van der Waals surface area (Å²) in [7, 11) is 3.77. The molecule has 0 atom stereocenters. The van der Waals surface area contributed by atoms with Crippen LogP contribution in [-0.4, -0.2) is 26.8 Å². The second kappa shape index (κ2) is 3.92. The average molecular weight is 217 g/mol. The summed E-state index contributed by atoms with van der Waals surface area (Å²) in [5, 5.41) is 7.23. The highest BCUT2D eigenvalue weighted by Crippen LogP contribution is 2.24. The van der Waals surface area contributed by atoms with Gasteiger partial charge in [0.05, 0.1) is 11.4 Å². The van der Waals surface area contributed by atoms with Crippen LogP contribution in [0.3, 0.4) is 0 Å². The SMILES string of the molecule is CNc1nc(C)nc(-c2ccnn2C)c1C. The van der Waals surface area contributed by atoms with Gasteiger partial charge >= 0.3 is 0 Å². The average Bonchev–Trinajstić information content (AvgIpc) is 2.67. The lowest BCUT2D eigenvalue weighted by Gasteiger charge is -2.10. The number of nitrogens with zero attached hydrogens (tertiary/aromatic N) is 4. The van der Waals surface area contributed by atoms with Gasteiger partial charge in [0.2, 0.25) is 0 Å². The number of aromatic nitrogens is 4. The number of hydrogen-bond acceptors (Lipinski definition) is 4. The third-order valence-electron chi connectivity index (χ3n) is 2.56. The second-order valence-electron chi connectivity index (χ2n) is 3.68. The first-order chi connectivity index (χ1) is 7.63. The van der Waals surface area contributed by atoms with E-state index in [1.165, 1.54) is 0 Å². The van der Waals surface area contributed by atoms with Crippen molar-refractivity contribution in [3.05, 3.63) is 23.7 Å². The van der Waals surface area contributed by atoms with Crippen LogP contribution in [0.25, 0.3) is 11.4 Å². The Balaban J connectivity index is 2.65. The molecule has 0 aliphatic rings. The fourth-order valence-corrected chi connectivity index (χ4v) is 1.73. The van der Waals surface area contributed by atoms with Crippen molar-refractivity contribution in [2.24, 2.45) is 7.05 Å². The summed E-state index contributed by atoms with van der Waals surface area (Å²) in [5.74, 6) is 1.62. The molecule has 84 valence electrons. The van der Waals surface area contributed by atoms with Crippen molar-refractivity contribution >= 4 is 5.82 Å². The van der Waals surface area contributed by atoms with Crippen LogP contribution in [0.4, 0.5) is 5.82 Å². The first kappa shape index (κ1) is 10.6. The van der Waals surface area contributed by atoms with Crippen LogP contribution >= 0.6 is 0 Å². The van der Waals surface area contributed by atoms with Crippen molar-refractivity contribution in [1.29, 1.82) is 0 Å². The van der Waals surface area contributed by atoms with E-state index in [1.807, 2.05) is 38.7 Å². The molecule has 0 unspecified atom stereocenters. The molecule has 16 heavy (non-hydrogen) atoms. The number of nitrogens with one attached hydrogen (secondary N) is 1. The summed E-state index contributed by atoms with van der Waals surface area (Å²) >= 11 is 0. The van der Waals surface area contributed by atoms with Gasteiger partial charge in [0.1, 0.15) is 11.6 Å². The largest absolute Gasteiger partial charge is 0.373 e. The summed E-state index contributed by atoms with van der Waals surface area (Å²) in [6, 6.07) is 1.95. The summed E-state index contributed by atoms with van der Waals surface area (Å²) < 4.78 is 1.81. The molecule has 0 aliphatic carbocycles. The molecule has 5 nitrogen and oxygen atoms in total. The predicted octanol–water partition coefficient (Wildman–Crippen LogP) is 1.54. The molecule has 2 heterocycles. The van der Waals surface area contributed by atoms with Crippen molar-refractivity contribution in [1.82, 2.24) is 19.7 Å². The zero-order chi connectivity index (χ0) is 11.7. The van der Waals surface area contributed by atoms with E-state index in [4.69, 9.17) is 0 Å². The molecule has 0 spiro atoms. The smallest absolute Gasteiger partial charge is 0.133 e. The molecule has 0 fully saturated rings. The molecule has 0 amide bonds. The van der Waals surface area contributed by atoms with Gasteiger partial charge in [-0.2, -0.15) is 5.10 Å². The predicted molar refractivity (Wildman–Crippen MR) is 63.3 cm³/mol. The lowest BCUT2D eigenvalue weighted by molar-refractivity contribution is 0.771. The van der Waals surface area contributed by atoms with E-state index in [0.717, 1.165) is 28.6 Å². The molecule has 5 heteroatoms. The summed E-state index contributed by atoms with van der Waals surface area (Å²) in [5.41, 5.74) is 2.97. The minimum Gasteiger partial charge on any atom is -0.373 e. The monoisotopic (exact) mass is 217 g/mol. The van der Waals surface area contributed by atoms with E-state index >= 15 is 0 Å². The molecular formula is C11H15N5. The van der Waals surface area contributed by atoms with Crippen LogP contribution in [0.1, 0.15) is 11.4 Å². The lowest BCUT2D eigenvalue weighted by atomic mass is 10.2. The van der Waals surface area contributed by atoms with Gasteiger partial charge in [-0.25, -0.2) is 9.97 Å².